The van der Waals surface area contributed by atoms with Crippen molar-refractivity contribution in [2.24, 2.45) is 0 Å². The molecular formula is C7H2Cl3F3. The molecule has 6 heteroatoms. The Kier molecular flexibility index (Phi) is 3.33. The highest BCUT2D eigenvalue weighted by molar-refractivity contribution is 6.37. The second-order valence-corrected chi connectivity index (χ2v) is 3.21. The molecular weight excluding hydrogens is 247 g/mol. The Morgan fingerprint density at radius 2 is 1.23 bits per heavy atom. The Morgan fingerprint density at radius 1 is 0.846 bits per heavy atom. The van der Waals surface area contributed by atoms with Crippen LogP contribution < -0.4 is 0 Å². The average molecular weight is 249 g/mol. The van der Waals surface area contributed by atoms with Crippen LogP contribution in [0.2, 0.25) is 10.0 Å². The van der Waals surface area contributed by atoms with Crippen LogP contribution in [0.15, 0.2) is 0 Å². The highest BCUT2D eigenvalue weighted by Gasteiger charge is 2.21. The molecule has 0 bridgehead atoms. The van der Waals surface area contributed by atoms with Gasteiger partial charge in [0.25, 0.3) is 0 Å². The van der Waals surface area contributed by atoms with E-state index < -0.39 is 27.5 Å². The van der Waals surface area contributed by atoms with Crippen LogP contribution in [0, 0.1) is 17.5 Å². The highest BCUT2D eigenvalue weighted by Crippen LogP contribution is 2.33. The van der Waals surface area contributed by atoms with Gasteiger partial charge in [-0.1, -0.05) is 23.2 Å². The summed E-state index contributed by atoms with van der Waals surface area (Å²) in [5.74, 6) is -4.92. The third-order valence-electron chi connectivity index (χ3n) is 1.43. The second kappa shape index (κ2) is 3.95. The summed E-state index contributed by atoms with van der Waals surface area (Å²) in [6.45, 7) is 0. The van der Waals surface area contributed by atoms with E-state index in [0.717, 1.165) is 0 Å². The van der Waals surface area contributed by atoms with E-state index in [1.807, 2.05) is 0 Å². The first-order chi connectivity index (χ1) is 6.00. The maximum atomic E-state index is 12.8. The number of benzene rings is 1. The summed E-state index contributed by atoms with van der Waals surface area (Å²) < 4.78 is 38.1. The quantitative estimate of drug-likeness (QED) is 0.398. The fourth-order valence-corrected chi connectivity index (χ4v) is 1.71. The largest absolute Gasteiger partial charge is 0.202 e. The molecule has 0 unspecified atom stereocenters. The van der Waals surface area contributed by atoms with Crippen molar-refractivity contribution in [2.45, 2.75) is 5.88 Å². The number of alkyl halides is 1. The van der Waals surface area contributed by atoms with E-state index in [-0.39, 0.29) is 11.4 Å². The van der Waals surface area contributed by atoms with Gasteiger partial charge in [-0.2, -0.15) is 0 Å². The third-order valence-corrected chi connectivity index (χ3v) is 2.49. The normalized spacial score (nSPS) is 10.6. The molecule has 0 fully saturated rings. The van der Waals surface area contributed by atoms with Crippen LogP contribution in [0.5, 0.6) is 0 Å². The van der Waals surface area contributed by atoms with E-state index in [2.05, 4.69) is 0 Å². The first-order valence-electron chi connectivity index (χ1n) is 3.07. The second-order valence-electron chi connectivity index (χ2n) is 2.18. The molecule has 0 saturated heterocycles. The van der Waals surface area contributed by atoms with Gasteiger partial charge in [0, 0.05) is 5.56 Å². The maximum absolute atomic E-state index is 12.8. The summed E-state index contributed by atoms with van der Waals surface area (Å²) in [5.41, 5.74) is -0.151. The number of rotatable bonds is 1. The van der Waals surface area contributed by atoms with Gasteiger partial charge in [-0.3, -0.25) is 0 Å². The number of halogens is 6. The van der Waals surface area contributed by atoms with Crippen molar-refractivity contribution < 1.29 is 13.2 Å². The van der Waals surface area contributed by atoms with E-state index in [4.69, 9.17) is 34.8 Å². The van der Waals surface area contributed by atoms with Gasteiger partial charge in [0.15, 0.2) is 17.5 Å². The molecule has 0 radical (unpaired) electrons. The Morgan fingerprint density at radius 3 is 1.54 bits per heavy atom. The minimum Gasteiger partial charge on any atom is -0.202 e. The lowest BCUT2D eigenvalue weighted by atomic mass is 10.2. The molecule has 0 atom stereocenters. The fraction of sp³-hybridized carbons (Fsp3) is 0.143. The monoisotopic (exact) mass is 248 g/mol. The number of hydrogen-bond acceptors (Lipinski definition) is 0. The van der Waals surface area contributed by atoms with Gasteiger partial charge in [-0.25, -0.2) is 13.2 Å². The van der Waals surface area contributed by atoms with Crippen molar-refractivity contribution in [1.82, 2.24) is 0 Å². The van der Waals surface area contributed by atoms with Gasteiger partial charge in [0.05, 0.1) is 15.9 Å². The molecule has 1 aromatic rings. The first-order valence-corrected chi connectivity index (χ1v) is 4.36. The minimum atomic E-state index is -1.69. The lowest BCUT2D eigenvalue weighted by Gasteiger charge is -2.06. The van der Waals surface area contributed by atoms with Gasteiger partial charge in [-0.15, -0.1) is 11.6 Å². The summed E-state index contributed by atoms with van der Waals surface area (Å²) in [6.07, 6.45) is 0. The van der Waals surface area contributed by atoms with Crippen LogP contribution in [0.25, 0.3) is 0 Å². The molecule has 72 valence electrons. The van der Waals surface area contributed by atoms with Gasteiger partial charge < -0.3 is 0 Å². The summed E-state index contributed by atoms with van der Waals surface area (Å²) in [6, 6.07) is 0. The molecule has 1 aromatic carbocycles. The maximum Gasteiger partial charge on any atom is 0.197 e. The third kappa shape index (κ3) is 1.73. The predicted molar refractivity (Wildman–Crippen MR) is 45.9 cm³/mol. The zero-order chi connectivity index (χ0) is 10.2. The topological polar surface area (TPSA) is 0 Å². The molecule has 0 aliphatic carbocycles. The fourth-order valence-electron chi connectivity index (χ4n) is 0.768. The summed E-state index contributed by atoms with van der Waals surface area (Å²) in [7, 11) is 0. The first kappa shape index (κ1) is 11.0. The molecule has 0 aromatic heterocycles. The van der Waals surface area contributed by atoms with Crippen molar-refractivity contribution >= 4 is 34.8 Å². The average Bonchev–Trinajstić information content (AvgIpc) is 2.13. The van der Waals surface area contributed by atoms with Crippen LogP contribution in [-0.4, -0.2) is 0 Å². The van der Waals surface area contributed by atoms with Gasteiger partial charge in [0.1, 0.15) is 0 Å². The number of hydrogen-bond donors (Lipinski definition) is 0. The molecule has 0 nitrogen and oxygen atoms in total. The summed E-state index contributed by atoms with van der Waals surface area (Å²) in [5, 5.41) is -1.17. The van der Waals surface area contributed by atoms with Crippen LogP contribution >= 0.6 is 34.8 Å². The zero-order valence-electron chi connectivity index (χ0n) is 5.97. The van der Waals surface area contributed by atoms with Crippen molar-refractivity contribution in [1.29, 1.82) is 0 Å². The zero-order valence-corrected chi connectivity index (χ0v) is 8.24. The van der Waals surface area contributed by atoms with Crippen molar-refractivity contribution in [3.8, 4) is 0 Å². The molecule has 0 saturated carbocycles. The molecule has 0 heterocycles. The predicted octanol–water partition coefficient (Wildman–Crippen LogP) is 4.15. The molecule has 0 N–H and O–H groups in total. The van der Waals surface area contributed by atoms with Crippen LogP contribution in [0.4, 0.5) is 13.2 Å². The minimum absolute atomic E-state index is 0.151. The highest BCUT2D eigenvalue weighted by atomic mass is 35.5. The van der Waals surface area contributed by atoms with Gasteiger partial charge in [0.2, 0.25) is 0 Å². The van der Waals surface area contributed by atoms with Crippen molar-refractivity contribution in [3.05, 3.63) is 33.1 Å². The van der Waals surface area contributed by atoms with Crippen LogP contribution in [0.3, 0.4) is 0 Å². The Bertz CT molecular complexity index is 322. The van der Waals surface area contributed by atoms with E-state index >= 15 is 0 Å². The van der Waals surface area contributed by atoms with Crippen molar-refractivity contribution in [2.75, 3.05) is 0 Å². The van der Waals surface area contributed by atoms with Crippen molar-refractivity contribution in [3.63, 3.8) is 0 Å². The van der Waals surface area contributed by atoms with E-state index in [9.17, 15) is 13.2 Å². The molecule has 1 rings (SSSR count). The van der Waals surface area contributed by atoms with Crippen LogP contribution in [-0.2, 0) is 5.88 Å². The molecule has 0 spiro atoms. The smallest absolute Gasteiger partial charge is 0.197 e. The molecule has 0 aliphatic rings. The molecule has 13 heavy (non-hydrogen) atoms. The summed E-state index contributed by atoms with van der Waals surface area (Å²) >= 11 is 16.0. The molecule has 0 amide bonds. The lowest BCUT2D eigenvalue weighted by Crippen LogP contribution is -1.98. The Labute approximate surface area is 87.2 Å². The lowest BCUT2D eigenvalue weighted by molar-refractivity contribution is 0.446. The SMILES string of the molecule is Fc1c(F)c(Cl)c(CCl)c(Cl)c1F. The van der Waals surface area contributed by atoms with Gasteiger partial charge >= 0.3 is 0 Å². The molecule has 0 aliphatic heterocycles. The summed E-state index contributed by atoms with van der Waals surface area (Å²) in [4.78, 5) is 0. The Hall–Kier alpha value is -0.120. The van der Waals surface area contributed by atoms with Gasteiger partial charge in [-0.05, 0) is 0 Å². The standard InChI is InChI=1S/C7H2Cl3F3/c8-1-2-3(9)5(11)7(13)6(12)4(2)10/h1H2. The van der Waals surface area contributed by atoms with Crippen LogP contribution in [0.1, 0.15) is 5.56 Å². The van der Waals surface area contributed by atoms with E-state index in [1.165, 1.54) is 0 Å². The van der Waals surface area contributed by atoms with E-state index in [1.54, 1.807) is 0 Å². The Balaban J connectivity index is 3.56. The van der Waals surface area contributed by atoms with E-state index in [0.29, 0.717) is 0 Å².